The van der Waals surface area contributed by atoms with E-state index in [0.29, 0.717) is 12.5 Å². The Morgan fingerprint density at radius 3 is 2.13 bits per heavy atom. The molecule has 1 aliphatic heterocycles. The van der Waals surface area contributed by atoms with Crippen molar-refractivity contribution in [3.63, 3.8) is 0 Å². The van der Waals surface area contributed by atoms with Gasteiger partial charge in [0.05, 0.1) is 0 Å². The molecule has 2 amide bonds. The fourth-order valence-corrected chi connectivity index (χ4v) is 4.15. The van der Waals surface area contributed by atoms with Gasteiger partial charge in [0.25, 0.3) is 0 Å². The highest BCUT2D eigenvalue weighted by molar-refractivity contribution is 5.89. The second kappa shape index (κ2) is 6.80. The summed E-state index contributed by atoms with van der Waals surface area (Å²) in [6.45, 7) is 6.95. The molecule has 2 N–H and O–H groups in total. The van der Waals surface area contributed by atoms with Crippen LogP contribution in [0, 0.1) is 17.8 Å². The first-order chi connectivity index (χ1) is 10.6. The van der Waals surface area contributed by atoms with Gasteiger partial charge in [-0.05, 0) is 57.8 Å². The maximum absolute atomic E-state index is 13.0. The monoisotopic (exact) mass is 323 g/mol. The van der Waals surface area contributed by atoms with Gasteiger partial charge in [-0.3, -0.25) is 9.59 Å². The van der Waals surface area contributed by atoms with E-state index in [1.165, 1.54) is 0 Å². The van der Waals surface area contributed by atoms with Gasteiger partial charge in [-0.2, -0.15) is 0 Å². The maximum atomic E-state index is 13.0. The van der Waals surface area contributed by atoms with Crippen molar-refractivity contribution in [3.8, 4) is 0 Å². The number of nitrogens with two attached hydrogens (primary N) is 1. The summed E-state index contributed by atoms with van der Waals surface area (Å²) in [6, 6.07) is -0.277. The minimum absolute atomic E-state index is 0.0557. The molecule has 0 bridgehead atoms. The molecule has 1 saturated carbocycles. The van der Waals surface area contributed by atoms with Gasteiger partial charge in [0, 0.05) is 32.1 Å². The number of nitrogens with zero attached hydrogens (tertiary/aromatic N) is 2. The lowest BCUT2D eigenvalue weighted by atomic mass is 9.73. The molecule has 0 spiro atoms. The van der Waals surface area contributed by atoms with Crippen molar-refractivity contribution in [1.29, 1.82) is 0 Å². The molecule has 0 radical (unpaired) electrons. The van der Waals surface area contributed by atoms with E-state index in [4.69, 9.17) is 5.73 Å². The van der Waals surface area contributed by atoms with Crippen molar-refractivity contribution in [1.82, 2.24) is 9.80 Å². The second-order valence-electron chi connectivity index (χ2n) is 8.35. The molecule has 0 aromatic heterocycles. The highest BCUT2D eigenvalue weighted by Gasteiger charge is 2.43. The molecule has 0 aromatic rings. The Balaban J connectivity index is 2.02. The number of rotatable bonds is 3. The van der Waals surface area contributed by atoms with E-state index < -0.39 is 0 Å². The highest BCUT2D eigenvalue weighted by atomic mass is 16.2. The van der Waals surface area contributed by atoms with Gasteiger partial charge in [0.2, 0.25) is 11.8 Å². The molecule has 2 atom stereocenters. The summed E-state index contributed by atoms with van der Waals surface area (Å²) >= 11 is 0. The van der Waals surface area contributed by atoms with Crippen molar-refractivity contribution >= 4 is 11.8 Å². The molecule has 0 aromatic carbocycles. The van der Waals surface area contributed by atoms with E-state index in [9.17, 15) is 9.59 Å². The zero-order chi connectivity index (χ0) is 17.4. The van der Waals surface area contributed by atoms with Crippen molar-refractivity contribution in [2.75, 3.05) is 20.6 Å². The molecular formula is C18H33N3O2. The summed E-state index contributed by atoms with van der Waals surface area (Å²) in [6.07, 6.45) is 4.74. The Kier molecular flexibility index (Phi) is 5.39. The van der Waals surface area contributed by atoms with Crippen LogP contribution in [0.2, 0.25) is 0 Å². The minimum atomic E-state index is -0.277. The predicted molar refractivity (Wildman–Crippen MR) is 91.7 cm³/mol. The van der Waals surface area contributed by atoms with Gasteiger partial charge < -0.3 is 15.5 Å². The maximum Gasteiger partial charge on any atom is 0.245 e. The Labute approximate surface area is 140 Å². The van der Waals surface area contributed by atoms with Gasteiger partial charge in [0.1, 0.15) is 6.04 Å². The van der Waals surface area contributed by atoms with E-state index in [-0.39, 0.29) is 35.2 Å². The summed E-state index contributed by atoms with van der Waals surface area (Å²) in [5.74, 6) is 1.04. The summed E-state index contributed by atoms with van der Waals surface area (Å²) in [5, 5.41) is 0. The number of carbonyl (C=O) groups excluding carboxylic acids is 2. The Bertz CT molecular complexity index is 448. The van der Waals surface area contributed by atoms with Gasteiger partial charge in [-0.1, -0.05) is 6.92 Å². The van der Waals surface area contributed by atoms with Crippen molar-refractivity contribution in [2.45, 2.75) is 64.5 Å². The van der Waals surface area contributed by atoms with Crippen molar-refractivity contribution in [2.24, 2.45) is 23.5 Å². The van der Waals surface area contributed by atoms with Crippen LogP contribution in [-0.4, -0.2) is 53.8 Å². The Morgan fingerprint density at radius 2 is 1.65 bits per heavy atom. The molecule has 5 heteroatoms. The number of carbonyl (C=O) groups is 2. The first kappa shape index (κ1) is 18.2. The average molecular weight is 323 g/mol. The minimum Gasteiger partial charge on any atom is -0.347 e. The van der Waals surface area contributed by atoms with Gasteiger partial charge in [-0.25, -0.2) is 0 Å². The molecule has 23 heavy (non-hydrogen) atoms. The lowest BCUT2D eigenvalue weighted by molar-refractivity contribution is -0.146. The molecule has 1 saturated heterocycles. The van der Waals surface area contributed by atoms with Crippen LogP contribution in [0.5, 0.6) is 0 Å². The van der Waals surface area contributed by atoms with E-state index in [2.05, 4.69) is 20.8 Å². The number of hydrogen-bond acceptors (Lipinski definition) is 3. The van der Waals surface area contributed by atoms with Crippen LogP contribution in [0.25, 0.3) is 0 Å². The number of amides is 2. The van der Waals surface area contributed by atoms with Crippen LogP contribution >= 0.6 is 0 Å². The van der Waals surface area contributed by atoms with Crippen LogP contribution in [0.4, 0.5) is 0 Å². The van der Waals surface area contributed by atoms with Gasteiger partial charge >= 0.3 is 0 Å². The molecule has 132 valence electrons. The fraction of sp³-hybridized carbons (Fsp3) is 0.889. The Hall–Kier alpha value is -1.10. The zero-order valence-corrected chi connectivity index (χ0v) is 15.3. The SMILES string of the molecule is CC1CCN(C(=O)C2CCC(C(C)(C)N)CC2)C1C(=O)N(C)C. The lowest BCUT2D eigenvalue weighted by Gasteiger charge is -2.38. The third kappa shape index (κ3) is 3.87. The van der Waals surface area contributed by atoms with Crippen LogP contribution in [0.15, 0.2) is 0 Å². The normalized spacial score (nSPS) is 32.0. The van der Waals surface area contributed by atoms with Crippen LogP contribution in [0.1, 0.15) is 52.9 Å². The van der Waals surface area contributed by atoms with E-state index >= 15 is 0 Å². The van der Waals surface area contributed by atoms with Crippen LogP contribution < -0.4 is 5.73 Å². The van der Waals surface area contributed by atoms with Crippen LogP contribution in [-0.2, 0) is 9.59 Å². The largest absolute Gasteiger partial charge is 0.347 e. The number of likely N-dealkylation sites (N-methyl/N-ethyl adjacent to an activating group) is 1. The lowest BCUT2D eigenvalue weighted by Crippen LogP contribution is -2.50. The topological polar surface area (TPSA) is 66.6 Å². The Morgan fingerprint density at radius 1 is 1.09 bits per heavy atom. The third-order valence-corrected chi connectivity index (χ3v) is 5.81. The van der Waals surface area contributed by atoms with Crippen molar-refractivity contribution in [3.05, 3.63) is 0 Å². The van der Waals surface area contributed by atoms with Crippen molar-refractivity contribution < 1.29 is 9.59 Å². The molecule has 2 aliphatic rings. The van der Waals surface area contributed by atoms with Gasteiger partial charge in [0.15, 0.2) is 0 Å². The predicted octanol–water partition coefficient (Wildman–Crippen LogP) is 1.86. The smallest absolute Gasteiger partial charge is 0.245 e. The quantitative estimate of drug-likeness (QED) is 0.862. The second-order valence-corrected chi connectivity index (χ2v) is 8.35. The summed E-state index contributed by atoms with van der Waals surface area (Å²) < 4.78 is 0. The third-order valence-electron chi connectivity index (χ3n) is 5.81. The highest BCUT2D eigenvalue weighted by Crippen LogP contribution is 2.37. The average Bonchev–Trinajstić information content (AvgIpc) is 2.86. The molecule has 5 nitrogen and oxygen atoms in total. The summed E-state index contributed by atoms with van der Waals surface area (Å²) in [7, 11) is 3.54. The first-order valence-electron chi connectivity index (χ1n) is 8.93. The summed E-state index contributed by atoms with van der Waals surface area (Å²) in [4.78, 5) is 28.9. The van der Waals surface area contributed by atoms with E-state index in [1.54, 1.807) is 19.0 Å². The fourth-order valence-electron chi connectivity index (χ4n) is 4.15. The zero-order valence-electron chi connectivity index (χ0n) is 15.3. The molecular weight excluding hydrogens is 290 g/mol. The van der Waals surface area contributed by atoms with Gasteiger partial charge in [-0.15, -0.1) is 0 Å². The van der Waals surface area contributed by atoms with E-state index in [0.717, 1.165) is 32.1 Å². The summed E-state index contributed by atoms with van der Waals surface area (Å²) in [5.41, 5.74) is 6.05. The van der Waals surface area contributed by atoms with Crippen LogP contribution in [0.3, 0.4) is 0 Å². The number of likely N-dealkylation sites (tertiary alicyclic amines) is 1. The number of hydrogen-bond donors (Lipinski definition) is 1. The molecule has 1 heterocycles. The molecule has 1 aliphatic carbocycles. The molecule has 2 rings (SSSR count). The molecule has 2 unspecified atom stereocenters. The molecule has 2 fully saturated rings. The van der Waals surface area contributed by atoms with E-state index in [1.807, 2.05) is 4.90 Å². The standard InChI is InChI=1S/C18H33N3O2/c1-12-10-11-21(15(12)17(23)20(4)5)16(22)13-6-8-14(9-7-13)18(2,3)19/h12-15H,6-11,19H2,1-5H3. The first-order valence-corrected chi connectivity index (χ1v) is 8.93.